The Labute approximate surface area is 225 Å². The van der Waals surface area contributed by atoms with Crippen molar-refractivity contribution in [3.05, 3.63) is 48.8 Å². The van der Waals surface area contributed by atoms with Gasteiger partial charge in [-0.1, -0.05) is 118 Å². The predicted molar refractivity (Wildman–Crippen MR) is 159 cm³/mol. The van der Waals surface area contributed by atoms with Crippen molar-refractivity contribution in [3.63, 3.8) is 0 Å². The van der Waals surface area contributed by atoms with E-state index >= 15 is 0 Å². The van der Waals surface area contributed by atoms with Gasteiger partial charge >= 0.3 is 0 Å². The number of unbranched alkanes of at least 4 members (excludes halogenated alkanes) is 11. The first-order chi connectivity index (χ1) is 16.9. The second kappa shape index (κ2) is 21.9. The third kappa shape index (κ3) is 16.4. The topological polar surface area (TPSA) is 25.8 Å². The lowest BCUT2D eigenvalue weighted by atomic mass is 10.0. The maximum absolute atomic E-state index is 4.49. The van der Waals surface area contributed by atoms with E-state index in [0.717, 1.165) is 15.3 Å². The van der Waals surface area contributed by atoms with Gasteiger partial charge in [0.05, 0.1) is 0 Å². The Bertz CT molecular complexity index is 687. The molecule has 2 heterocycles. The lowest BCUT2D eigenvalue weighted by Crippen LogP contribution is -2.02. The van der Waals surface area contributed by atoms with Crippen LogP contribution in [0.25, 0.3) is 0 Å². The lowest BCUT2D eigenvalue weighted by molar-refractivity contribution is 0.540. The van der Waals surface area contributed by atoms with E-state index in [4.69, 9.17) is 0 Å². The number of hydrogen-bond donors (Lipinski definition) is 0. The zero-order valence-electron chi connectivity index (χ0n) is 21.0. The summed E-state index contributed by atoms with van der Waals surface area (Å²) in [6, 6.07) is 12.4. The molecule has 2 aromatic rings. The van der Waals surface area contributed by atoms with Crippen LogP contribution in [0.5, 0.6) is 0 Å². The maximum atomic E-state index is 4.49. The Balaban J connectivity index is 1.48. The first-order valence-electron chi connectivity index (χ1n) is 13.3. The molecule has 2 aromatic heterocycles. The summed E-state index contributed by atoms with van der Waals surface area (Å²) < 4.78 is 0. The fourth-order valence-electron chi connectivity index (χ4n) is 3.82. The van der Waals surface area contributed by atoms with Crippen LogP contribution in [-0.2, 0) is 0 Å². The predicted octanol–water partition coefficient (Wildman–Crippen LogP) is 10.9. The van der Waals surface area contributed by atoms with Crippen molar-refractivity contribution in [1.82, 2.24) is 9.97 Å². The van der Waals surface area contributed by atoms with Gasteiger partial charge in [-0.25, -0.2) is 9.97 Å². The fraction of sp³-hybridized carbons (Fsp3) is 0.643. The molecule has 2 rings (SSSR count). The van der Waals surface area contributed by atoms with Crippen LogP contribution in [0.15, 0.2) is 58.8 Å². The molecular formula is C28H44N2S4. The summed E-state index contributed by atoms with van der Waals surface area (Å²) in [7, 11) is 7.69. The molecule has 0 fully saturated rings. The summed E-state index contributed by atoms with van der Waals surface area (Å²) in [5, 5.41) is 3.04. The number of rotatable bonds is 22. The highest BCUT2D eigenvalue weighted by atomic mass is 33.1. The van der Waals surface area contributed by atoms with Gasteiger partial charge in [0.2, 0.25) is 0 Å². The monoisotopic (exact) mass is 536 g/mol. The molecule has 6 heteroatoms. The molecule has 0 aromatic carbocycles. The second-order valence-corrected chi connectivity index (χ2v) is 13.8. The van der Waals surface area contributed by atoms with Gasteiger partial charge in [-0.05, 0) is 65.1 Å². The van der Waals surface area contributed by atoms with Crippen molar-refractivity contribution in [1.29, 1.82) is 0 Å². The van der Waals surface area contributed by atoms with Crippen molar-refractivity contribution in [2.75, 3.05) is 5.75 Å². The second-order valence-electron chi connectivity index (χ2n) is 8.86. The molecule has 0 aliphatic heterocycles. The molecule has 0 amide bonds. The molecule has 0 aliphatic rings. The van der Waals surface area contributed by atoms with E-state index < -0.39 is 0 Å². The van der Waals surface area contributed by atoms with Gasteiger partial charge in [0, 0.05) is 23.4 Å². The summed E-state index contributed by atoms with van der Waals surface area (Å²) in [5.41, 5.74) is 0. The first kappa shape index (κ1) is 29.9. The number of hydrogen-bond acceptors (Lipinski definition) is 6. The summed E-state index contributed by atoms with van der Waals surface area (Å²) in [5.74, 6) is 1.23. The maximum Gasteiger partial charge on any atom is 0.106 e. The Morgan fingerprint density at radius 1 is 0.618 bits per heavy atom. The van der Waals surface area contributed by atoms with Crippen molar-refractivity contribution in [2.24, 2.45) is 0 Å². The van der Waals surface area contributed by atoms with Crippen molar-refractivity contribution in [3.8, 4) is 0 Å². The molecule has 0 aliphatic carbocycles. The molecule has 0 N–H and O–H groups in total. The lowest BCUT2D eigenvalue weighted by Gasteiger charge is -2.15. The molecule has 34 heavy (non-hydrogen) atoms. The van der Waals surface area contributed by atoms with Crippen molar-refractivity contribution < 1.29 is 0 Å². The summed E-state index contributed by atoms with van der Waals surface area (Å²) >= 11 is 0. The largest absolute Gasteiger partial charge is 0.249 e. The van der Waals surface area contributed by atoms with E-state index in [0.29, 0.717) is 0 Å². The molecule has 1 unspecified atom stereocenters. The van der Waals surface area contributed by atoms with E-state index in [1.54, 1.807) is 0 Å². The van der Waals surface area contributed by atoms with Crippen molar-refractivity contribution in [2.45, 2.75) is 119 Å². The number of aromatic nitrogens is 2. The van der Waals surface area contributed by atoms with Gasteiger partial charge in [-0.2, -0.15) is 0 Å². The summed E-state index contributed by atoms with van der Waals surface area (Å²) in [4.78, 5) is 8.85. The smallest absolute Gasteiger partial charge is 0.106 e. The molecule has 0 spiro atoms. The number of nitrogens with zero attached hydrogens (tertiary/aromatic N) is 2. The van der Waals surface area contributed by atoms with Crippen LogP contribution < -0.4 is 0 Å². The highest BCUT2D eigenvalue weighted by Gasteiger charge is 2.11. The fourth-order valence-corrected chi connectivity index (χ4v) is 8.42. The summed E-state index contributed by atoms with van der Waals surface area (Å²) in [6.07, 6.45) is 24.5. The Morgan fingerprint density at radius 3 is 1.71 bits per heavy atom. The third-order valence-corrected chi connectivity index (χ3v) is 11.0. The van der Waals surface area contributed by atoms with Gasteiger partial charge in [0.15, 0.2) is 0 Å². The summed E-state index contributed by atoms with van der Waals surface area (Å²) in [6.45, 7) is 2.30. The normalized spacial score (nSPS) is 12.1. The highest BCUT2D eigenvalue weighted by Crippen LogP contribution is 2.37. The zero-order chi connectivity index (χ0) is 23.9. The van der Waals surface area contributed by atoms with Gasteiger partial charge in [-0.3, -0.25) is 0 Å². The minimum absolute atomic E-state index is 0.770. The zero-order valence-corrected chi connectivity index (χ0v) is 24.3. The molecule has 1 atom stereocenters. The van der Waals surface area contributed by atoms with Gasteiger partial charge in [0.1, 0.15) is 10.1 Å². The van der Waals surface area contributed by atoms with E-state index in [1.165, 1.54) is 102 Å². The van der Waals surface area contributed by atoms with Gasteiger partial charge in [-0.15, -0.1) is 0 Å². The Hall–Kier alpha value is -0.300. The van der Waals surface area contributed by atoms with Crippen LogP contribution in [0.4, 0.5) is 0 Å². The average molecular weight is 537 g/mol. The SMILES string of the molecule is CCCCCCCCC(CCCCCCCCCSSc1ccccn1)SSc1ccccn1. The Kier molecular flexibility index (Phi) is 19.3. The van der Waals surface area contributed by atoms with E-state index in [-0.39, 0.29) is 0 Å². The van der Waals surface area contributed by atoms with Crippen LogP contribution in [0.3, 0.4) is 0 Å². The van der Waals surface area contributed by atoms with Crippen molar-refractivity contribution >= 4 is 43.2 Å². The van der Waals surface area contributed by atoms with Crippen LogP contribution >= 0.6 is 43.2 Å². The van der Waals surface area contributed by atoms with Gasteiger partial charge in [0.25, 0.3) is 0 Å². The highest BCUT2D eigenvalue weighted by molar-refractivity contribution is 8.77. The molecule has 0 bridgehead atoms. The molecule has 0 saturated heterocycles. The molecule has 0 saturated carbocycles. The number of pyridine rings is 2. The van der Waals surface area contributed by atoms with Crippen LogP contribution in [0.2, 0.25) is 0 Å². The first-order valence-corrected chi connectivity index (χ1v) is 17.9. The van der Waals surface area contributed by atoms with Crippen LogP contribution in [-0.4, -0.2) is 21.0 Å². The van der Waals surface area contributed by atoms with E-state index in [2.05, 4.69) is 52.0 Å². The third-order valence-electron chi connectivity index (χ3n) is 5.82. The minimum atomic E-state index is 0.770. The van der Waals surface area contributed by atoms with E-state index in [9.17, 15) is 0 Å². The van der Waals surface area contributed by atoms with Crippen LogP contribution in [0.1, 0.15) is 103 Å². The molecule has 0 radical (unpaired) electrons. The minimum Gasteiger partial charge on any atom is -0.249 e. The van der Waals surface area contributed by atoms with Crippen LogP contribution in [0, 0.1) is 0 Å². The molecule has 190 valence electrons. The molecule has 2 nitrogen and oxygen atoms in total. The standard InChI is InChI=1S/C28H44N2S4/c1-2-3-4-5-9-12-19-26(32-34-28-22-15-17-24-30-28)20-13-10-7-6-8-11-18-25-31-33-27-21-14-16-23-29-27/h14-17,21-24,26H,2-13,18-20,25H2,1H3. The quantitative estimate of drug-likeness (QED) is 0.110. The average Bonchev–Trinajstić information content (AvgIpc) is 2.88. The Morgan fingerprint density at radius 2 is 1.15 bits per heavy atom. The molecular weight excluding hydrogens is 493 g/mol. The van der Waals surface area contributed by atoms with E-state index in [1.807, 2.05) is 56.9 Å². The van der Waals surface area contributed by atoms with Gasteiger partial charge < -0.3 is 0 Å².